The number of aliphatic carboxylic acids is 1. The summed E-state index contributed by atoms with van der Waals surface area (Å²) in [5, 5.41) is 23.3. The number of aromatic nitrogens is 1. The normalized spacial score (nSPS) is 18.1. The number of hydrogen-bond donors (Lipinski definition) is 5. The van der Waals surface area contributed by atoms with Gasteiger partial charge < -0.3 is 31.5 Å². The van der Waals surface area contributed by atoms with Crippen LogP contribution in [0.4, 0.5) is 13.2 Å². The Balaban J connectivity index is 0.000000860. The SMILES string of the molecule is Cc1ncsc1-c1ccc(C(C)NC(=O)C2CC(O)CN2C(=O)C(NC(=O)CCCN)C(C)(C)C)cc1.O=C(O)C(F)(F)F. The largest absolute Gasteiger partial charge is 0.490 e. The Bertz CT molecular complexity index is 1300. The number of benzene rings is 1. The fourth-order valence-corrected chi connectivity index (χ4v) is 5.32. The summed E-state index contributed by atoms with van der Waals surface area (Å²) in [6.45, 7) is 9.87. The maximum Gasteiger partial charge on any atom is 0.490 e. The Hall–Kier alpha value is -3.56. The third-order valence-electron chi connectivity index (χ3n) is 6.91. The molecule has 1 aromatic heterocycles. The van der Waals surface area contributed by atoms with Crippen molar-refractivity contribution in [1.29, 1.82) is 0 Å². The molecule has 0 spiro atoms. The van der Waals surface area contributed by atoms with Crippen LogP contribution in [0.1, 0.15) is 64.3 Å². The van der Waals surface area contributed by atoms with E-state index in [0.717, 1.165) is 21.7 Å². The molecule has 0 bridgehead atoms. The van der Waals surface area contributed by atoms with E-state index in [-0.39, 0.29) is 43.1 Å². The lowest BCUT2D eigenvalue weighted by Gasteiger charge is -2.35. The minimum Gasteiger partial charge on any atom is -0.475 e. The van der Waals surface area contributed by atoms with E-state index in [1.807, 2.05) is 64.4 Å². The van der Waals surface area contributed by atoms with Crippen molar-refractivity contribution >= 4 is 35.0 Å². The van der Waals surface area contributed by atoms with Crippen molar-refractivity contribution in [1.82, 2.24) is 20.5 Å². The minimum atomic E-state index is -5.08. The van der Waals surface area contributed by atoms with Crippen molar-refractivity contribution < 1.29 is 42.6 Å². The Morgan fingerprint density at radius 2 is 1.73 bits per heavy atom. The minimum absolute atomic E-state index is 0.0411. The van der Waals surface area contributed by atoms with Crippen LogP contribution < -0.4 is 16.4 Å². The molecule has 1 aromatic carbocycles. The summed E-state index contributed by atoms with van der Waals surface area (Å²) in [6.07, 6.45) is -5.01. The number of nitrogens with two attached hydrogens (primary N) is 1. The van der Waals surface area contributed by atoms with E-state index in [1.54, 1.807) is 11.3 Å². The molecule has 15 heteroatoms. The highest BCUT2D eigenvalue weighted by Gasteiger charge is 2.44. The number of aryl methyl sites for hydroxylation is 1. The maximum atomic E-state index is 13.6. The lowest BCUT2D eigenvalue weighted by molar-refractivity contribution is -0.192. The van der Waals surface area contributed by atoms with Crippen molar-refractivity contribution in [3.05, 3.63) is 41.0 Å². The molecule has 0 aliphatic carbocycles. The number of carbonyl (C=O) groups excluding carboxylic acids is 3. The van der Waals surface area contributed by atoms with E-state index in [1.165, 1.54) is 4.90 Å². The van der Waals surface area contributed by atoms with E-state index >= 15 is 0 Å². The van der Waals surface area contributed by atoms with E-state index in [0.29, 0.717) is 13.0 Å². The van der Waals surface area contributed by atoms with Gasteiger partial charge in [-0.1, -0.05) is 45.0 Å². The van der Waals surface area contributed by atoms with Crippen LogP contribution in [0.3, 0.4) is 0 Å². The average molecular weight is 644 g/mol. The van der Waals surface area contributed by atoms with Gasteiger partial charge in [0, 0.05) is 19.4 Å². The fraction of sp³-hybridized carbons (Fsp3) is 0.552. The van der Waals surface area contributed by atoms with Crippen molar-refractivity contribution in [3.63, 3.8) is 0 Å². The Morgan fingerprint density at radius 3 is 2.20 bits per heavy atom. The first-order chi connectivity index (χ1) is 20.4. The van der Waals surface area contributed by atoms with Crippen molar-refractivity contribution in [3.8, 4) is 10.4 Å². The van der Waals surface area contributed by atoms with Gasteiger partial charge in [-0.15, -0.1) is 11.3 Å². The molecule has 0 saturated carbocycles. The predicted molar refractivity (Wildman–Crippen MR) is 158 cm³/mol. The molecule has 1 fully saturated rings. The molecule has 4 atom stereocenters. The predicted octanol–water partition coefficient (Wildman–Crippen LogP) is 3.16. The molecule has 6 N–H and O–H groups in total. The first kappa shape index (κ1) is 36.6. The first-order valence-electron chi connectivity index (χ1n) is 14.0. The zero-order chi connectivity index (χ0) is 33.4. The highest BCUT2D eigenvalue weighted by Crippen LogP contribution is 2.29. The Morgan fingerprint density at radius 1 is 1.14 bits per heavy atom. The topological polar surface area (TPSA) is 175 Å². The number of carboxylic acids is 1. The lowest BCUT2D eigenvalue weighted by atomic mass is 9.85. The molecule has 244 valence electrons. The summed E-state index contributed by atoms with van der Waals surface area (Å²) in [6, 6.07) is 6.00. The van der Waals surface area contributed by atoms with Gasteiger partial charge in [0.25, 0.3) is 0 Å². The maximum absolute atomic E-state index is 13.6. The molecule has 1 aliphatic heterocycles. The number of nitrogens with zero attached hydrogens (tertiary/aromatic N) is 2. The van der Waals surface area contributed by atoms with Gasteiger partial charge in [-0.05, 0) is 43.4 Å². The van der Waals surface area contributed by atoms with E-state index in [9.17, 15) is 32.7 Å². The number of nitrogens with one attached hydrogen (secondary N) is 2. The second kappa shape index (κ2) is 15.4. The van der Waals surface area contributed by atoms with Crippen LogP contribution in [0.25, 0.3) is 10.4 Å². The number of carbonyl (C=O) groups is 4. The second-order valence-electron chi connectivity index (χ2n) is 11.6. The zero-order valence-corrected chi connectivity index (χ0v) is 26.1. The van der Waals surface area contributed by atoms with Gasteiger partial charge in [-0.25, -0.2) is 9.78 Å². The Kier molecular flexibility index (Phi) is 12.9. The molecule has 11 nitrogen and oxygen atoms in total. The second-order valence-corrected chi connectivity index (χ2v) is 12.4. The highest BCUT2D eigenvalue weighted by atomic mass is 32.1. The molecule has 0 radical (unpaired) electrons. The number of rotatable bonds is 9. The van der Waals surface area contributed by atoms with Gasteiger partial charge in [0.1, 0.15) is 12.1 Å². The third-order valence-corrected chi connectivity index (χ3v) is 7.89. The van der Waals surface area contributed by atoms with Crippen LogP contribution >= 0.6 is 11.3 Å². The molecule has 3 rings (SSSR count). The molecule has 2 heterocycles. The van der Waals surface area contributed by atoms with Crippen LogP contribution in [0.15, 0.2) is 29.8 Å². The number of aliphatic hydroxyl groups is 1. The molecule has 1 saturated heterocycles. The molecular formula is C29H40F3N5O6S. The van der Waals surface area contributed by atoms with Crippen LogP contribution in [0, 0.1) is 12.3 Å². The van der Waals surface area contributed by atoms with Crippen LogP contribution in [0.2, 0.25) is 0 Å². The number of likely N-dealkylation sites (tertiary alicyclic amines) is 1. The summed E-state index contributed by atoms with van der Waals surface area (Å²) in [7, 11) is 0. The summed E-state index contributed by atoms with van der Waals surface area (Å²) in [4.78, 5) is 55.0. The van der Waals surface area contributed by atoms with Gasteiger partial charge in [-0.3, -0.25) is 14.4 Å². The Labute approximate surface area is 258 Å². The first-order valence-corrected chi connectivity index (χ1v) is 14.8. The van der Waals surface area contributed by atoms with Crippen LogP contribution in [0.5, 0.6) is 0 Å². The summed E-state index contributed by atoms with van der Waals surface area (Å²) in [5.41, 5.74) is 9.71. The fourth-order valence-electron chi connectivity index (χ4n) is 4.51. The van der Waals surface area contributed by atoms with E-state index in [4.69, 9.17) is 15.6 Å². The summed E-state index contributed by atoms with van der Waals surface area (Å²) < 4.78 is 31.7. The molecule has 4 unspecified atom stereocenters. The molecule has 2 aromatic rings. The van der Waals surface area contributed by atoms with Gasteiger partial charge in [0.15, 0.2) is 0 Å². The number of alkyl halides is 3. The standard InChI is InChI=1S/C27H39N5O4S.C2HF3O2/c1-16(18-8-10-19(11-9-18)23-17(2)29-15-37-23)30-25(35)21-13-20(33)14-32(21)26(36)24(27(3,4)5)31-22(34)7-6-12-28;3-2(4,5)1(6)7/h8-11,15-16,20-21,24,33H,6-7,12-14,28H2,1-5H3,(H,30,35)(H,31,34);(H,6,7). The number of amides is 3. The average Bonchev–Trinajstić information content (AvgIpc) is 3.54. The number of halogens is 3. The van der Waals surface area contributed by atoms with Crippen LogP contribution in [-0.2, 0) is 19.2 Å². The third kappa shape index (κ3) is 10.3. The monoisotopic (exact) mass is 643 g/mol. The summed E-state index contributed by atoms with van der Waals surface area (Å²) >= 11 is 1.58. The van der Waals surface area contributed by atoms with Crippen molar-refractivity contribution in [2.75, 3.05) is 13.1 Å². The zero-order valence-electron chi connectivity index (χ0n) is 25.3. The van der Waals surface area contributed by atoms with Gasteiger partial charge in [0.05, 0.1) is 28.2 Å². The number of thiazole rings is 1. The lowest BCUT2D eigenvalue weighted by Crippen LogP contribution is -2.57. The molecule has 3 amide bonds. The van der Waals surface area contributed by atoms with Gasteiger partial charge in [0.2, 0.25) is 17.7 Å². The number of carboxylic acid groups (broad SMARTS) is 1. The van der Waals surface area contributed by atoms with Gasteiger partial charge >= 0.3 is 12.1 Å². The smallest absolute Gasteiger partial charge is 0.475 e. The number of β-amino-alcohol motifs (C(OH)–C–C–N with tert-alkyl or cyclic N) is 1. The van der Waals surface area contributed by atoms with Crippen molar-refractivity contribution in [2.45, 2.75) is 84.3 Å². The molecule has 44 heavy (non-hydrogen) atoms. The number of hydrogen-bond acceptors (Lipinski definition) is 8. The van der Waals surface area contributed by atoms with Gasteiger partial charge in [-0.2, -0.15) is 13.2 Å². The number of aliphatic hydroxyl groups excluding tert-OH is 1. The van der Waals surface area contributed by atoms with Crippen molar-refractivity contribution in [2.24, 2.45) is 11.1 Å². The highest BCUT2D eigenvalue weighted by molar-refractivity contribution is 7.13. The molecular weight excluding hydrogens is 603 g/mol. The van der Waals surface area contributed by atoms with E-state index < -0.39 is 35.7 Å². The summed E-state index contributed by atoms with van der Waals surface area (Å²) in [5.74, 6) is -3.72. The quantitative estimate of drug-likeness (QED) is 0.277. The van der Waals surface area contributed by atoms with E-state index in [2.05, 4.69) is 15.6 Å². The van der Waals surface area contributed by atoms with Crippen LogP contribution in [-0.4, -0.2) is 81.2 Å². The molecule has 1 aliphatic rings.